The van der Waals surface area contributed by atoms with Crippen molar-refractivity contribution < 1.29 is 13.3 Å². The standard InChI is InChI=1S/CH4.Na.H2O3S.H/c;;1-4(2)3;/h1H4;;(H2,1,2,3);. The molecular formula is CH7NaO3S. The van der Waals surface area contributed by atoms with Gasteiger partial charge in [0.05, 0.1) is 0 Å². The molecule has 0 saturated heterocycles. The maximum absolute atomic E-state index is 8.67. The Labute approximate surface area is 61.5 Å². The third kappa shape index (κ3) is 73.4. The summed E-state index contributed by atoms with van der Waals surface area (Å²) in [6, 6.07) is 0. The van der Waals surface area contributed by atoms with Crippen LogP contribution >= 0.6 is 0 Å². The van der Waals surface area contributed by atoms with E-state index in [9.17, 15) is 0 Å². The van der Waals surface area contributed by atoms with E-state index in [1.54, 1.807) is 0 Å². The molecule has 0 fully saturated rings. The van der Waals surface area contributed by atoms with Crippen molar-refractivity contribution in [1.29, 1.82) is 0 Å². The van der Waals surface area contributed by atoms with Crippen molar-refractivity contribution in [3.05, 3.63) is 0 Å². The third-order valence-corrected chi connectivity index (χ3v) is 0. The molecule has 0 aromatic heterocycles. The molecule has 0 spiro atoms. The summed E-state index contributed by atoms with van der Waals surface area (Å²) in [6.07, 6.45) is 0. The van der Waals surface area contributed by atoms with Crippen molar-refractivity contribution in [1.82, 2.24) is 0 Å². The molecule has 0 atom stereocenters. The van der Waals surface area contributed by atoms with Gasteiger partial charge < -0.3 is 0 Å². The third-order valence-electron chi connectivity index (χ3n) is 0. The van der Waals surface area contributed by atoms with Gasteiger partial charge in [0.15, 0.2) is 0 Å². The topological polar surface area (TPSA) is 57.5 Å². The van der Waals surface area contributed by atoms with Crippen LogP contribution in [0, 0.1) is 0 Å². The van der Waals surface area contributed by atoms with E-state index < -0.39 is 11.4 Å². The molecule has 0 aliphatic carbocycles. The van der Waals surface area contributed by atoms with Gasteiger partial charge in [-0.25, -0.2) is 0 Å². The van der Waals surface area contributed by atoms with Gasteiger partial charge in [0, 0.05) is 0 Å². The zero-order valence-electron chi connectivity index (χ0n) is 1.71. The van der Waals surface area contributed by atoms with E-state index >= 15 is 0 Å². The summed E-state index contributed by atoms with van der Waals surface area (Å²) in [7, 11) is 0. The van der Waals surface area contributed by atoms with Gasteiger partial charge in [0.2, 0.25) is 0 Å². The molecule has 0 aliphatic rings. The van der Waals surface area contributed by atoms with Crippen molar-refractivity contribution in [2.75, 3.05) is 0 Å². The molecule has 6 heavy (non-hydrogen) atoms. The van der Waals surface area contributed by atoms with Gasteiger partial charge in [0.1, 0.15) is 0 Å². The molecule has 0 aliphatic heterocycles. The summed E-state index contributed by atoms with van der Waals surface area (Å²) in [6.45, 7) is 0. The molecule has 0 bridgehead atoms. The molecule has 0 radical (unpaired) electrons. The van der Waals surface area contributed by atoms with Gasteiger partial charge in [-0.3, -0.25) is 9.11 Å². The SMILES string of the molecule is C.O=S(O)O.[NaH]. The first-order valence-corrected chi connectivity index (χ1v) is 1.60. The summed E-state index contributed by atoms with van der Waals surface area (Å²) < 4.78 is 22.8. The fourth-order valence-electron chi connectivity index (χ4n) is 0. The Balaban J connectivity index is -0.0000000450. The van der Waals surface area contributed by atoms with Gasteiger partial charge >= 0.3 is 29.6 Å². The van der Waals surface area contributed by atoms with Gasteiger partial charge in [-0.2, -0.15) is 4.21 Å². The van der Waals surface area contributed by atoms with Crippen LogP contribution in [0.15, 0.2) is 0 Å². The normalized spacial score (nSPS) is 5.83. The summed E-state index contributed by atoms with van der Waals surface area (Å²) >= 11 is -2.61. The van der Waals surface area contributed by atoms with E-state index in [1.807, 2.05) is 0 Å². The first-order valence-electron chi connectivity index (χ1n) is 0.532. The molecule has 36 valence electrons. The Bertz CT molecular complexity index is 33.8. The molecule has 0 aromatic rings. The minimum atomic E-state index is -2.61. The van der Waals surface area contributed by atoms with Crippen LogP contribution in [0.25, 0.3) is 0 Å². The molecule has 0 unspecified atom stereocenters. The molecule has 5 heteroatoms. The van der Waals surface area contributed by atoms with Crippen molar-refractivity contribution in [3.63, 3.8) is 0 Å². The average molecular weight is 122 g/mol. The molecule has 0 rings (SSSR count). The molecule has 0 heterocycles. The molecule has 0 amide bonds. The maximum atomic E-state index is 8.67. The van der Waals surface area contributed by atoms with Crippen LogP contribution in [0.4, 0.5) is 0 Å². The molecule has 2 N–H and O–H groups in total. The van der Waals surface area contributed by atoms with Crippen LogP contribution in [0.2, 0.25) is 0 Å². The van der Waals surface area contributed by atoms with E-state index in [0.29, 0.717) is 0 Å². The summed E-state index contributed by atoms with van der Waals surface area (Å²) in [5, 5.41) is 0. The second-order valence-corrected chi connectivity index (χ2v) is 0.692. The van der Waals surface area contributed by atoms with Gasteiger partial charge in [-0.05, 0) is 0 Å². The zero-order valence-corrected chi connectivity index (χ0v) is 2.53. The van der Waals surface area contributed by atoms with E-state index in [1.165, 1.54) is 0 Å². The second kappa shape index (κ2) is 9.42. The van der Waals surface area contributed by atoms with Crippen molar-refractivity contribution in [2.24, 2.45) is 0 Å². The minimum absolute atomic E-state index is 0. The Morgan fingerprint density at radius 1 is 1.33 bits per heavy atom. The van der Waals surface area contributed by atoms with E-state index in [0.717, 1.165) is 0 Å². The van der Waals surface area contributed by atoms with E-state index in [-0.39, 0.29) is 37.0 Å². The number of rotatable bonds is 0. The Morgan fingerprint density at radius 2 is 1.33 bits per heavy atom. The van der Waals surface area contributed by atoms with Crippen LogP contribution < -0.4 is 0 Å². The second-order valence-electron chi connectivity index (χ2n) is 0.231. The van der Waals surface area contributed by atoms with Crippen molar-refractivity contribution in [2.45, 2.75) is 7.43 Å². The van der Waals surface area contributed by atoms with Crippen LogP contribution in [-0.4, -0.2) is 42.9 Å². The van der Waals surface area contributed by atoms with Crippen LogP contribution in [0.1, 0.15) is 7.43 Å². The Morgan fingerprint density at radius 3 is 1.33 bits per heavy atom. The monoisotopic (exact) mass is 122 g/mol. The predicted molar refractivity (Wildman–Crippen MR) is 27.3 cm³/mol. The first kappa shape index (κ1) is 15.7. The van der Waals surface area contributed by atoms with Crippen LogP contribution in [0.3, 0.4) is 0 Å². The van der Waals surface area contributed by atoms with Gasteiger partial charge in [-0.1, -0.05) is 7.43 Å². The average Bonchev–Trinajstić information content (AvgIpc) is 0.811. The van der Waals surface area contributed by atoms with Gasteiger partial charge in [0.25, 0.3) is 11.4 Å². The number of hydrogen-bond donors (Lipinski definition) is 2. The Kier molecular flexibility index (Phi) is 24.7. The molecular weight excluding hydrogens is 115 g/mol. The van der Waals surface area contributed by atoms with E-state index in [2.05, 4.69) is 0 Å². The molecule has 3 nitrogen and oxygen atoms in total. The summed E-state index contributed by atoms with van der Waals surface area (Å²) in [5.41, 5.74) is 0. The summed E-state index contributed by atoms with van der Waals surface area (Å²) in [4.78, 5) is 0. The summed E-state index contributed by atoms with van der Waals surface area (Å²) in [5.74, 6) is 0. The Hall–Kier alpha value is 1.07. The predicted octanol–water partition coefficient (Wildman–Crippen LogP) is -0.331. The fourth-order valence-corrected chi connectivity index (χ4v) is 0. The zero-order chi connectivity index (χ0) is 3.58. The molecule has 0 saturated carbocycles. The fraction of sp³-hybridized carbons (Fsp3) is 1.00. The number of hydrogen-bond acceptors (Lipinski definition) is 1. The van der Waals surface area contributed by atoms with Crippen molar-refractivity contribution >= 4 is 40.9 Å². The van der Waals surface area contributed by atoms with Gasteiger partial charge in [-0.15, -0.1) is 0 Å². The first-order chi connectivity index (χ1) is 1.73. The molecule has 0 aromatic carbocycles. The van der Waals surface area contributed by atoms with Crippen LogP contribution in [-0.2, 0) is 11.4 Å². The quantitative estimate of drug-likeness (QED) is 0.341. The van der Waals surface area contributed by atoms with Crippen molar-refractivity contribution in [3.8, 4) is 0 Å². The van der Waals surface area contributed by atoms with E-state index in [4.69, 9.17) is 13.3 Å². The van der Waals surface area contributed by atoms with Crippen LogP contribution in [0.5, 0.6) is 0 Å².